The second-order valence-corrected chi connectivity index (χ2v) is 13.7. The average molecular weight is 473 g/mol. The molecule has 34 heavy (non-hydrogen) atoms. The highest BCUT2D eigenvalue weighted by Crippen LogP contribution is 2.71. The fourth-order valence-corrected chi connectivity index (χ4v) is 10.0. The summed E-state index contributed by atoms with van der Waals surface area (Å²) in [6.07, 6.45) is 19.3. The highest BCUT2D eigenvalue weighted by molar-refractivity contribution is 5.90. The first-order valence-electron chi connectivity index (χ1n) is 14.8. The number of ether oxygens (including phenoxy) is 1. The van der Waals surface area contributed by atoms with E-state index in [1.54, 1.807) is 0 Å². The second-order valence-electron chi connectivity index (χ2n) is 13.7. The van der Waals surface area contributed by atoms with Crippen LogP contribution in [0, 0.1) is 34.5 Å². The second kappa shape index (κ2) is 8.91. The Morgan fingerprint density at radius 3 is 2.44 bits per heavy atom. The molecule has 0 amide bonds. The molecule has 0 aromatic carbocycles. The van der Waals surface area contributed by atoms with Crippen LogP contribution in [0.4, 0.5) is 4.39 Å². The molecule has 0 aromatic rings. The highest BCUT2D eigenvalue weighted by atomic mass is 19.1. The largest absolute Gasteiger partial charge is 0.455 e. The number of alkyl halides is 1. The third-order valence-corrected chi connectivity index (χ3v) is 12.1. The van der Waals surface area contributed by atoms with E-state index in [2.05, 4.69) is 27.4 Å². The Morgan fingerprint density at radius 2 is 1.71 bits per heavy atom. The van der Waals surface area contributed by atoms with Gasteiger partial charge in [0.05, 0.1) is 0 Å². The van der Waals surface area contributed by atoms with Crippen LogP contribution in [0.3, 0.4) is 0 Å². The topological polar surface area (TPSA) is 26.3 Å². The lowest BCUT2D eigenvalue weighted by molar-refractivity contribution is -0.209. The van der Waals surface area contributed by atoms with Gasteiger partial charge in [-0.25, -0.2) is 9.18 Å². The maximum atomic E-state index is 16.9. The van der Waals surface area contributed by atoms with E-state index in [1.165, 1.54) is 70.6 Å². The molecule has 0 radical (unpaired) electrons. The minimum Gasteiger partial charge on any atom is -0.455 e. The molecule has 0 bridgehead atoms. The molecule has 0 N–H and O–H groups in total. The maximum Gasteiger partial charge on any atom is 0.334 e. The quantitative estimate of drug-likeness (QED) is 0.210. The summed E-state index contributed by atoms with van der Waals surface area (Å²) >= 11 is 0. The van der Waals surface area contributed by atoms with Crippen molar-refractivity contribution in [3.05, 3.63) is 12.2 Å². The number of esters is 1. The van der Waals surface area contributed by atoms with Gasteiger partial charge in [-0.05, 0) is 86.9 Å². The number of halogens is 1. The van der Waals surface area contributed by atoms with E-state index in [9.17, 15) is 4.79 Å². The van der Waals surface area contributed by atoms with Gasteiger partial charge < -0.3 is 4.74 Å². The zero-order valence-corrected chi connectivity index (χ0v) is 22.2. The van der Waals surface area contributed by atoms with Gasteiger partial charge in [0.15, 0.2) is 0 Å². The summed E-state index contributed by atoms with van der Waals surface area (Å²) in [5, 5.41) is 0. The van der Waals surface area contributed by atoms with Crippen LogP contribution in [-0.2, 0) is 9.53 Å². The van der Waals surface area contributed by atoms with E-state index >= 15 is 4.39 Å². The number of fused-ring (bicyclic) bond motifs is 5. The van der Waals surface area contributed by atoms with Crippen molar-refractivity contribution in [2.75, 3.05) is 0 Å². The Bertz CT molecular complexity index is 789. The van der Waals surface area contributed by atoms with Gasteiger partial charge in [-0.2, -0.15) is 0 Å². The summed E-state index contributed by atoms with van der Waals surface area (Å²) < 4.78 is 22.7. The van der Waals surface area contributed by atoms with Crippen LogP contribution in [0.1, 0.15) is 130 Å². The summed E-state index contributed by atoms with van der Waals surface area (Å²) in [6, 6.07) is 0. The molecule has 2 nitrogen and oxygen atoms in total. The Labute approximate surface area is 207 Å². The Morgan fingerprint density at radius 1 is 0.941 bits per heavy atom. The number of rotatable bonds is 7. The molecule has 3 heteroatoms. The molecule has 4 aliphatic carbocycles. The zero-order valence-electron chi connectivity index (χ0n) is 22.2. The number of unbranched alkanes of at least 4 members (excludes halogenated alkanes) is 5. The monoisotopic (exact) mass is 472 g/mol. The molecule has 1 heterocycles. The van der Waals surface area contributed by atoms with E-state index in [0.29, 0.717) is 42.1 Å². The molecular formula is C31H49FO2. The van der Waals surface area contributed by atoms with Crippen LogP contribution in [0.15, 0.2) is 12.2 Å². The summed E-state index contributed by atoms with van der Waals surface area (Å²) in [5.41, 5.74) is -1.07. The van der Waals surface area contributed by atoms with Crippen LogP contribution in [-0.4, -0.2) is 17.2 Å². The minimum absolute atomic E-state index is 0.268. The van der Waals surface area contributed by atoms with Gasteiger partial charge in [0, 0.05) is 23.8 Å². The Hall–Kier alpha value is -0.860. The average Bonchev–Trinajstić information content (AvgIpc) is 3.27. The fraction of sp³-hybridized carbons (Fsp3) is 0.903. The first kappa shape index (κ1) is 24.8. The van der Waals surface area contributed by atoms with Gasteiger partial charge in [0.1, 0.15) is 11.3 Å². The number of carbonyl (C=O) groups excluding carboxylic acids is 1. The van der Waals surface area contributed by atoms with E-state index in [-0.39, 0.29) is 11.4 Å². The lowest BCUT2D eigenvalue weighted by Gasteiger charge is -2.64. The van der Waals surface area contributed by atoms with Crippen LogP contribution in [0.2, 0.25) is 0 Å². The van der Waals surface area contributed by atoms with E-state index in [4.69, 9.17) is 4.74 Å². The lowest BCUT2D eigenvalue weighted by atomic mass is 9.42. The fourth-order valence-electron chi connectivity index (χ4n) is 10.0. The van der Waals surface area contributed by atoms with Crippen molar-refractivity contribution in [1.82, 2.24) is 0 Å². The number of carbonyl (C=O) groups is 1. The van der Waals surface area contributed by atoms with Crippen molar-refractivity contribution in [3.63, 3.8) is 0 Å². The number of hydrogen-bond donors (Lipinski definition) is 0. The SMILES string of the molecule is C=C1C[C@@]2(CC[C@]3(C)[C@H]4CC[C@]5(C)[C@@H](CCCCCCCC)CC[C@H]5[C@@H]4CC[C@@]3(F)C2)OC1=O. The van der Waals surface area contributed by atoms with Crippen LogP contribution >= 0.6 is 0 Å². The third kappa shape index (κ3) is 3.81. The predicted molar refractivity (Wildman–Crippen MR) is 136 cm³/mol. The summed E-state index contributed by atoms with van der Waals surface area (Å²) in [4.78, 5) is 12.1. The third-order valence-electron chi connectivity index (χ3n) is 12.1. The molecule has 5 rings (SSSR count). The molecule has 4 saturated carbocycles. The van der Waals surface area contributed by atoms with Crippen molar-refractivity contribution in [2.24, 2.45) is 34.5 Å². The van der Waals surface area contributed by atoms with Crippen LogP contribution < -0.4 is 0 Å². The van der Waals surface area contributed by atoms with E-state index < -0.39 is 11.3 Å². The smallest absolute Gasteiger partial charge is 0.334 e. The van der Waals surface area contributed by atoms with Gasteiger partial charge in [-0.3, -0.25) is 0 Å². The zero-order chi connectivity index (χ0) is 24.2. The Kier molecular flexibility index (Phi) is 6.50. The van der Waals surface area contributed by atoms with Gasteiger partial charge in [0.2, 0.25) is 0 Å². The van der Waals surface area contributed by atoms with Gasteiger partial charge in [-0.15, -0.1) is 0 Å². The number of hydrogen-bond acceptors (Lipinski definition) is 2. The first-order chi connectivity index (χ1) is 16.2. The highest BCUT2D eigenvalue weighted by Gasteiger charge is 2.68. The molecule has 5 fully saturated rings. The molecule has 192 valence electrons. The van der Waals surface area contributed by atoms with E-state index in [1.807, 2.05) is 0 Å². The summed E-state index contributed by atoms with van der Waals surface area (Å²) in [6.45, 7) is 11.1. The van der Waals surface area contributed by atoms with Crippen molar-refractivity contribution in [3.8, 4) is 0 Å². The maximum absolute atomic E-state index is 16.9. The van der Waals surface area contributed by atoms with Crippen LogP contribution in [0.25, 0.3) is 0 Å². The molecule has 0 unspecified atom stereocenters. The molecular weight excluding hydrogens is 423 g/mol. The normalized spacial score (nSPS) is 47.9. The molecule has 5 aliphatic rings. The minimum atomic E-state index is -1.21. The molecule has 8 atom stereocenters. The Balaban J connectivity index is 1.26. The molecule has 1 spiro atoms. The van der Waals surface area contributed by atoms with Crippen molar-refractivity contribution < 1.29 is 13.9 Å². The van der Waals surface area contributed by atoms with Gasteiger partial charge in [-0.1, -0.05) is 65.9 Å². The van der Waals surface area contributed by atoms with Gasteiger partial charge in [0.25, 0.3) is 0 Å². The van der Waals surface area contributed by atoms with Crippen LogP contribution in [0.5, 0.6) is 0 Å². The lowest BCUT2D eigenvalue weighted by Crippen LogP contribution is -2.63. The molecule has 1 aliphatic heterocycles. The van der Waals surface area contributed by atoms with E-state index in [0.717, 1.165) is 31.1 Å². The first-order valence-corrected chi connectivity index (χ1v) is 14.8. The molecule has 1 saturated heterocycles. The standard InChI is InChI=1S/C31H49FO2/c1-5-6-7-8-9-10-11-23-12-13-25-24-14-17-31(32)21-30(20-22(2)27(33)34-30)19-18-29(31,4)26(24)15-16-28(23,25)3/h23-26H,2,5-21H2,1,3-4H3/t23-,24-,25-,26-,28+,29+,30+,31+/m0/s1. The predicted octanol–water partition coefficient (Wildman–Crippen LogP) is 8.73. The van der Waals surface area contributed by atoms with Crippen molar-refractivity contribution in [2.45, 2.75) is 141 Å². The van der Waals surface area contributed by atoms with Crippen molar-refractivity contribution in [1.29, 1.82) is 0 Å². The summed E-state index contributed by atoms with van der Waals surface area (Å²) in [5.74, 6) is 2.56. The molecule has 0 aromatic heterocycles. The summed E-state index contributed by atoms with van der Waals surface area (Å²) in [7, 11) is 0. The van der Waals surface area contributed by atoms with Gasteiger partial charge >= 0.3 is 5.97 Å². The van der Waals surface area contributed by atoms with Crippen molar-refractivity contribution >= 4 is 5.97 Å².